The second kappa shape index (κ2) is 5.48. The topological polar surface area (TPSA) is 77.4 Å². The van der Waals surface area contributed by atoms with Crippen LogP contribution in [0, 0.1) is 0 Å². The predicted molar refractivity (Wildman–Crippen MR) is 58.6 cm³/mol. The van der Waals surface area contributed by atoms with Crippen LogP contribution in [0.15, 0.2) is 42.5 Å². The molecule has 1 N–H and O–H groups in total. The van der Waals surface area contributed by atoms with E-state index < -0.39 is 15.6 Å². The molecule has 0 saturated heterocycles. The molecule has 0 heterocycles. The normalized spacial score (nSPS) is 13.1. The van der Waals surface area contributed by atoms with Gasteiger partial charge in [-0.2, -0.15) is 0 Å². The molecule has 0 amide bonds. The largest absolute Gasteiger partial charge is 1.00 e. The zero-order valence-electron chi connectivity index (χ0n) is 9.20. The van der Waals surface area contributed by atoms with E-state index in [1.165, 1.54) is 6.07 Å². The molecule has 6 heteroatoms. The fourth-order valence-corrected chi connectivity index (χ4v) is 2.14. The van der Waals surface area contributed by atoms with Crippen molar-refractivity contribution in [2.45, 2.75) is 5.44 Å². The number of rotatable bonds is 2. The van der Waals surface area contributed by atoms with Crippen molar-refractivity contribution >= 4 is 20.9 Å². The molecular weight excluding hydrogens is 251 g/mol. The smallest absolute Gasteiger partial charge is 0.746 e. The maximum atomic E-state index is 10.8. The first-order valence-corrected chi connectivity index (χ1v) is 6.08. The monoisotopic (exact) mass is 260 g/mol. The molecule has 84 valence electrons. The van der Waals surface area contributed by atoms with Gasteiger partial charge >= 0.3 is 29.6 Å². The van der Waals surface area contributed by atoms with E-state index >= 15 is 0 Å². The summed E-state index contributed by atoms with van der Waals surface area (Å²) in [5, 5.41) is 10.8. The quantitative estimate of drug-likeness (QED) is 0.520. The first-order chi connectivity index (χ1) is 7.50. The Morgan fingerprint density at radius 2 is 1.65 bits per heavy atom. The van der Waals surface area contributed by atoms with Gasteiger partial charge in [0, 0.05) is 5.56 Å². The van der Waals surface area contributed by atoms with Crippen molar-refractivity contribution in [3.8, 4) is 0 Å². The van der Waals surface area contributed by atoms with E-state index in [1.54, 1.807) is 36.4 Å². The summed E-state index contributed by atoms with van der Waals surface area (Å²) < 4.78 is 32.3. The van der Waals surface area contributed by atoms with Crippen molar-refractivity contribution in [1.29, 1.82) is 0 Å². The minimum atomic E-state index is -4.74. The number of hydrogen-bond donors (Lipinski definition) is 1. The summed E-state index contributed by atoms with van der Waals surface area (Å²) in [5.41, 5.74) is -1.90. The number of aliphatic hydroxyl groups is 1. The third-order valence-electron chi connectivity index (χ3n) is 2.36. The Kier molecular flexibility index (Phi) is 4.71. The van der Waals surface area contributed by atoms with E-state index in [2.05, 4.69) is 0 Å². The van der Waals surface area contributed by atoms with Crippen molar-refractivity contribution in [2.24, 2.45) is 0 Å². The molecule has 2 aromatic carbocycles. The molecule has 0 radical (unpaired) electrons. The third-order valence-corrected chi connectivity index (χ3v) is 3.16. The van der Waals surface area contributed by atoms with Crippen molar-refractivity contribution in [3.05, 3.63) is 48.0 Å². The van der Waals surface area contributed by atoms with Crippen molar-refractivity contribution < 1.29 is 47.6 Å². The molecular formula is C11H9NaO4S. The van der Waals surface area contributed by atoms with E-state index in [1.807, 2.05) is 0 Å². The Labute approximate surface area is 121 Å². The van der Waals surface area contributed by atoms with Crippen molar-refractivity contribution in [1.82, 2.24) is 0 Å². The van der Waals surface area contributed by atoms with E-state index in [0.29, 0.717) is 5.39 Å². The van der Waals surface area contributed by atoms with Gasteiger partial charge in [0.2, 0.25) is 0 Å². The second-order valence-corrected chi connectivity index (χ2v) is 4.85. The molecule has 0 saturated carbocycles. The van der Waals surface area contributed by atoms with E-state index in [4.69, 9.17) is 0 Å². The van der Waals surface area contributed by atoms with Gasteiger partial charge < -0.3 is 9.66 Å². The summed E-state index contributed by atoms with van der Waals surface area (Å²) >= 11 is 0. The number of benzene rings is 2. The van der Waals surface area contributed by atoms with E-state index in [-0.39, 0.29) is 35.1 Å². The maximum absolute atomic E-state index is 10.8. The average Bonchev–Trinajstić information content (AvgIpc) is 2.26. The molecule has 0 aliphatic heterocycles. The molecule has 17 heavy (non-hydrogen) atoms. The number of hydrogen-bond acceptors (Lipinski definition) is 4. The van der Waals surface area contributed by atoms with Crippen LogP contribution in [-0.4, -0.2) is 18.1 Å². The summed E-state index contributed by atoms with van der Waals surface area (Å²) in [6.07, 6.45) is 0. The van der Waals surface area contributed by atoms with E-state index in [9.17, 15) is 18.1 Å². The average molecular weight is 260 g/mol. The van der Waals surface area contributed by atoms with Crippen LogP contribution in [0.3, 0.4) is 0 Å². The zero-order valence-corrected chi connectivity index (χ0v) is 12.0. The molecule has 0 aliphatic rings. The van der Waals surface area contributed by atoms with Crippen LogP contribution in [0.25, 0.3) is 10.8 Å². The van der Waals surface area contributed by atoms with Gasteiger partial charge in [-0.05, 0) is 10.8 Å². The molecule has 1 unspecified atom stereocenters. The van der Waals surface area contributed by atoms with Gasteiger partial charge in [0.05, 0.1) is 0 Å². The van der Waals surface area contributed by atoms with Crippen LogP contribution >= 0.6 is 0 Å². The summed E-state index contributed by atoms with van der Waals surface area (Å²) in [7, 11) is -4.74. The fourth-order valence-electron chi connectivity index (χ4n) is 1.62. The van der Waals surface area contributed by atoms with Crippen LogP contribution in [0.1, 0.15) is 11.0 Å². The standard InChI is InChI=1S/C11H10O4S.Na/c12-11(16(13,14)15)10-7-3-5-8-4-1-2-6-9(8)10;/h1-7,11-12H,(H,13,14,15);/q;+1/p-1. The van der Waals surface area contributed by atoms with Gasteiger partial charge in [0.1, 0.15) is 10.1 Å². The first-order valence-electron chi connectivity index (χ1n) is 4.60. The summed E-state index contributed by atoms with van der Waals surface area (Å²) in [6, 6.07) is 11.8. The van der Waals surface area contributed by atoms with Gasteiger partial charge in [-0.1, -0.05) is 42.5 Å². The Bertz CT molecular complexity index is 619. The Hall–Kier alpha value is -0.430. The predicted octanol–water partition coefficient (Wildman–Crippen LogP) is -1.62. The van der Waals surface area contributed by atoms with Crippen LogP contribution < -0.4 is 29.6 Å². The van der Waals surface area contributed by atoms with E-state index in [0.717, 1.165) is 5.39 Å². The molecule has 0 bridgehead atoms. The molecule has 2 aromatic rings. The first kappa shape index (κ1) is 14.6. The van der Waals surface area contributed by atoms with Crippen LogP contribution in [0.2, 0.25) is 0 Å². The van der Waals surface area contributed by atoms with Crippen molar-refractivity contribution in [3.63, 3.8) is 0 Å². The Balaban J connectivity index is 0.00000144. The summed E-state index contributed by atoms with van der Waals surface area (Å²) in [4.78, 5) is 0. The van der Waals surface area contributed by atoms with Gasteiger partial charge in [-0.15, -0.1) is 0 Å². The zero-order chi connectivity index (χ0) is 11.8. The SMILES string of the molecule is O=S(=O)([O-])C(O)c1cccc2ccccc12.[Na+]. The molecule has 0 fully saturated rings. The number of aliphatic hydroxyl groups excluding tert-OH is 1. The molecule has 4 nitrogen and oxygen atoms in total. The molecule has 0 aromatic heterocycles. The number of fused-ring (bicyclic) bond motifs is 1. The van der Waals surface area contributed by atoms with Gasteiger partial charge in [0.15, 0.2) is 5.44 Å². The van der Waals surface area contributed by atoms with Gasteiger partial charge in [-0.3, -0.25) is 0 Å². The van der Waals surface area contributed by atoms with Crippen LogP contribution in [0.5, 0.6) is 0 Å². The molecule has 0 spiro atoms. The Morgan fingerprint density at radius 1 is 1.06 bits per heavy atom. The van der Waals surface area contributed by atoms with Gasteiger partial charge in [-0.25, -0.2) is 8.42 Å². The Morgan fingerprint density at radius 3 is 2.29 bits per heavy atom. The van der Waals surface area contributed by atoms with Gasteiger partial charge in [0.25, 0.3) is 0 Å². The molecule has 2 rings (SSSR count). The third kappa shape index (κ3) is 3.07. The van der Waals surface area contributed by atoms with Crippen molar-refractivity contribution in [2.75, 3.05) is 0 Å². The maximum Gasteiger partial charge on any atom is 1.00 e. The second-order valence-electron chi connectivity index (χ2n) is 3.41. The fraction of sp³-hybridized carbons (Fsp3) is 0.0909. The summed E-state index contributed by atoms with van der Waals surface area (Å²) in [5.74, 6) is 0. The molecule has 1 atom stereocenters. The molecule has 0 aliphatic carbocycles. The minimum Gasteiger partial charge on any atom is -0.746 e. The minimum absolute atomic E-state index is 0. The summed E-state index contributed by atoms with van der Waals surface area (Å²) in [6.45, 7) is 0. The van der Waals surface area contributed by atoms with Crippen LogP contribution in [-0.2, 0) is 10.1 Å². The van der Waals surface area contributed by atoms with Crippen LogP contribution in [0.4, 0.5) is 0 Å².